The fraction of sp³-hybridized carbons (Fsp3) is 0.600. The van der Waals surface area contributed by atoms with Crippen molar-refractivity contribution >= 4 is 11.9 Å². The highest BCUT2D eigenvalue weighted by molar-refractivity contribution is 5.84. The van der Waals surface area contributed by atoms with Crippen LogP contribution in [0.5, 0.6) is 0 Å². The van der Waals surface area contributed by atoms with Crippen LogP contribution in [0, 0.1) is 5.92 Å². The summed E-state index contributed by atoms with van der Waals surface area (Å²) in [7, 11) is 0. The van der Waals surface area contributed by atoms with Crippen molar-refractivity contribution in [3.05, 3.63) is 12.2 Å². The van der Waals surface area contributed by atoms with E-state index in [-0.39, 0.29) is 5.57 Å². The van der Waals surface area contributed by atoms with Gasteiger partial charge in [0.25, 0.3) is 0 Å². The van der Waals surface area contributed by atoms with E-state index in [2.05, 4.69) is 6.58 Å². The number of nitrogens with two attached hydrogens (primary N) is 1. The topological polar surface area (TPSA) is 101 Å². The molecule has 0 unspecified atom stereocenters. The summed E-state index contributed by atoms with van der Waals surface area (Å²) in [5, 5.41) is 16.2. The van der Waals surface area contributed by atoms with Gasteiger partial charge in [0.15, 0.2) is 0 Å². The fourth-order valence-corrected chi connectivity index (χ4v) is 0.609. The molecule has 0 saturated heterocycles. The molecule has 0 rings (SSSR count). The van der Waals surface area contributed by atoms with E-state index in [1.54, 1.807) is 0 Å². The Morgan fingerprint density at radius 3 is 1.73 bits per heavy atom. The molecular weight excluding hydrogens is 198 g/mol. The van der Waals surface area contributed by atoms with Crippen molar-refractivity contribution in [3.63, 3.8) is 0 Å². The Bertz CT molecular complexity index is 224. The van der Waals surface area contributed by atoms with Crippen LogP contribution in [0.15, 0.2) is 12.2 Å². The van der Waals surface area contributed by atoms with Gasteiger partial charge in [-0.25, -0.2) is 4.79 Å². The molecule has 0 amide bonds. The second-order valence-electron chi connectivity index (χ2n) is 3.66. The first-order valence-corrected chi connectivity index (χ1v) is 4.55. The maximum Gasteiger partial charge on any atom is 0.330 e. The van der Waals surface area contributed by atoms with E-state index in [0.717, 1.165) is 0 Å². The van der Waals surface area contributed by atoms with Gasteiger partial charge in [-0.3, -0.25) is 4.79 Å². The summed E-state index contributed by atoms with van der Waals surface area (Å²) in [6.45, 7) is 8.50. The van der Waals surface area contributed by atoms with E-state index in [1.165, 1.54) is 6.92 Å². The third kappa shape index (κ3) is 12.6. The Hall–Kier alpha value is -1.36. The van der Waals surface area contributed by atoms with Gasteiger partial charge in [0.05, 0.1) is 0 Å². The van der Waals surface area contributed by atoms with Crippen LogP contribution in [0.3, 0.4) is 0 Å². The van der Waals surface area contributed by atoms with Crippen molar-refractivity contribution < 1.29 is 19.8 Å². The first-order valence-electron chi connectivity index (χ1n) is 4.55. The summed E-state index contributed by atoms with van der Waals surface area (Å²) in [6.07, 6.45) is 0.551. The Kier molecular flexibility index (Phi) is 8.57. The van der Waals surface area contributed by atoms with Gasteiger partial charge in [-0.2, -0.15) is 0 Å². The van der Waals surface area contributed by atoms with Crippen molar-refractivity contribution in [2.75, 3.05) is 0 Å². The van der Waals surface area contributed by atoms with Crippen molar-refractivity contribution in [2.24, 2.45) is 11.7 Å². The summed E-state index contributed by atoms with van der Waals surface area (Å²) < 4.78 is 0. The summed E-state index contributed by atoms with van der Waals surface area (Å²) in [5.74, 6) is -1.49. The predicted octanol–water partition coefficient (Wildman–Crippen LogP) is 1.09. The van der Waals surface area contributed by atoms with Crippen LogP contribution >= 0.6 is 0 Å². The van der Waals surface area contributed by atoms with E-state index in [4.69, 9.17) is 15.9 Å². The lowest BCUT2D eigenvalue weighted by atomic mass is 10.1. The normalized spacial score (nSPS) is 11.3. The van der Waals surface area contributed by atoms with Crippen LogP contribution in [0.1, 0.15) is 27.2 Å². The molecule has 0 bridgehead atoms. The van der Waals surface area contributed by atoms with Crippen molar-refractivity contribution in [3.8, 4) is 0 Å². The number of aliphatic carboxylic acids is 2. The second kappa shape index (κ2) is 7.99. The number of carbonyl (C=O) groups is 2. The molecule has 0 aromatic rings. The highest BCUT2D eigenvalue weighted by atomic mass is 16.4. The minimum atomic E-state index is -0.935. The molecule has 0 aliphatic rings. The quantitative estimate of drug-likeness (QED) is 0.612. The minimum absolute atomic E-state index is 0.176. The molecule has 0 aromatic carbocycles. The van der Waals surface area contributed by atoms with E-state index in [1.807, 2.05) is 13.8 Å². The SMILES string of the molecule is C=C(C)C(=O)O.CC(C)C[C@H](N)C(=O)O. The maximum atomic E-state index is 10.1. The van der Waals surface area contributed by atoms with Crippen LogP contribution in [-0.2, 0) is 9.59 Å². The monoisotopic (exact) mass is 217 g/mol. The zero-order valence-electron chi connectivity index (χ0n) is 9.36. The number of carboxylic acid groups (broad SMARTS) is 2. The molecule has 5 nitrogen and oxygen atoms in total. The largest absolute Gasteiger partial charge is 0.480 e. The molecule has 0 heterocycles. The van der Waals surface area contributed by atoms with Crippen molar-refractivity contribution in [2.45, 2.75) is 33.2 Å². The molecule has 15 heavy (non-hydrogen) atoms. The molecule has 0 radical (unpaired) electrons. The van der Waals surface area contributed by atoms with Gasteiger partial charge < -0.3 is 15.9 Å². The molecule has 0 aliphatic heterocycles. The molecule has 1 atom stereocenters. The fourth-order valence-electron chi connectivity index (χ4n) is 0.609. The highest BCUT2D eigenvalue weighted by Crippen LogP contribution is 2.01. The Labute approximate surface area is 89.6 Å². The van der Waals surface area contributed by atoms with E-state index < -0.39 is 18.0 Å². The summed E-state index contributed by atoms with van der Waals surface area (Å²) in [5.41, 5.74) is 5.39. The minimum Gasteiger partial charge on any atom is -0.480 e. The zero-order chi connectivity index (χ0) is 12.6. The average molecular weight is 217 g/mol. The summed E-state index contributed by atoms with van der Waals surface area (Å²) in [4.78, 5) is 19.7. The Morgan fingerprint density at radius 1 is 1.33 bits per heavy atom. The summed E-state index contributed by atoms with van der Waals surface area (Å²) >= 11 is 0. The first-order chi connectivity index (χ1) is 6.68. The number of carboxylic acids is 2. The second-order valence-corrected chi connectivity index (χ2v) is 3.66. The van der Waals surface area contributed by atoms with E-state index in [9.17, 15) is 9.59 Å². The van der Waals surface area contributed by atoms with Gasteiger partial charge >= 0.3 is 11.9 Å². The van der Waals surface area contributed by atoms with Gasteiger partial charge in [-0.05, 0) is 19.3 Å². The third-order valence-electron chi connectivity index (χ3n) is 1.41. The van der Waals surface area contributed by atoms with Crippen LogP contribution in [-0.4, -0.2) is 28.2 Å². The molecule has 0 fully saturated rings. The van der Waals surface area contributed by atoms with Gasteiger partial charge in [0.2, 0.25) is 0 Å². The average Bonchev–Trinajstić information content (AvgIpc) is 2.03. The molecular formula is C10H19NO4. The zero-order valence-corrected chi connectivity index (χ0v) is 9.36. The predicted molar refractivity (Wildman–Crippen MR) is 57.5 cm³/mol. The van der Waals surface area contributed by atoms with Crippen LogP contribution < -0.4 is 5.73 Å². The lowest BCUT2D eigenvalue weighted by molar-refractivity contribution is -0.139. The van der Waals surface area contributed by atoms with E-state index >= 15 is 0 Å². The third-order valence-corrected chi connectivity index (χ3v) is 1.41. The van der Waals surface area contributed by atoms with Crippen molar-refractivity contribution in [1.29, 1.82) is 0 Å². The molecule has 5 heteroatoms. The van der Waals surface area contributed by atoms with Gasteiger partial charge in [0.1, 0.15) is 6.04 Å². The highest BCUT2D eigenvalue weighted by Gasteiger charge is 2.11. The van der Waals surface area contributed by atoms with Gasteiger partial charge in [0, 0.05) is 5.57 Å². The van der Waals surface area contributed by atoms with Gasteiger partial charge in [-0.1, -0.05) is 20.4 Å². The molecule has 88 valence electrons. The first kappa shape index (κ1) is 16.1. The van der Waals surface area contributed by atoms with Crippen LogP contribution in [0.25, 0.3) is 0 Å². The molecule has 0 spiro atoms. The van der Waals surface area contributed by atoms with Crippen LogP contribution in [0.4, 0.5) is 0 Å². The Morgan fingerprint density at radius 2 is 1.67 bits per heavy atom. The van der Waals surface area contributed by atoms with Crippen LogP contribution in [0.2, 0.25) is 0 Å². The molecule has 0 saturated carbocycles. The summed E-state index contributed by atoms with van der Waals surface area (Å²) in [6, 6.07) is -0.690. The van der Waals surface area contributed by atoms with Gasteiger partial charge in [-0.15, -0.1) is 0 Å². The Balaban J connectivity index is 0. The number of hydrogen-bond acceptors (Lipinski definition) is 3. The number of rotatable bonds is 4. The van der Waals surface area contributed by atoms with E-state index in [0.29, 0.717) is 12.3 Å². The lowest BCUT2D eigenvalue weighted by Crippen LogP contribution is -2.31. The molecule has 0 aromatic heterocycles. The molecule has 4 N–H and O–H groups in total. The molecule has 0 aliphatic carbocycles. The number of hydrogen-bond donors (Lipinski definition) is 3. The van der Waals surface area contributed by atoms with Crippen molar-refractivity contribution in [1.82, 2.24) is 0 Å². The smallest absolute Gasteiger partial charge is 0.330 e. The lowest BCUT2D eigenvalue weighted by Gasteiger charge is -2.07. The maximum absolute atomic E-state index is 10.1. The standard InChI is InChI=1S/C6H13NO2.C4H6O2/c1-4(2)3-5(7)6(8)9;1-3(2)4(5)6/h4-5H,3,7H2,1-2H3,(H,8,9);1H2,2H3,(H,5,6)/t5-;/m0./s1.